The molecule has 0 unspecified atom stereocenters. The van der Waals surface area contributed by atoms with Crippen LogP contribution in [0.2, 0.25) is 0 Å². The Labute approximate surface area is 175 Å². The minimum Gasteiger partial charge on any atom is -0.356 e. The summed E-state index contributed by atoms with van der Waals surface area (Å²) in [6.45, 7) is 4.45. The molecule has 2 fully saturated rings. The summed E-state index contributed by atoms with van der Waals surface area (Å²) in [6.07, 6.45) is 12.6. The Hall–Kier alpha value is -2.02. The second-order valence-electron chi connectivity index (χ2n) is 8.77. The van der Waals surface area contributed by atoms with Gasteiger partial charge in [0.25, 0.3) is 0 Å². The minimum atomic E-state index is 1.03. The van der Waals surface area contributed by atoms with E-state index in [0.29, 0.717) is 0 Å². The lowest BCUT2D eigenvalue weighted by molar-refractivity contribution is 0.569. The molecule has 1 aliphatic carbocycles. The highest BCUT2D eigenvalue weighted by Gasteiger charge is 2.27. The van der Waals surface area contributed by atoms with Crippen molar-refractivity contribution in [3.8, 4) is 0 Å². The van der Waals surface area contributed by atoms with Crippen molar-refractivity contribution >= 4 is 43.4 Å². The van der Waals surface area contributed by atoms with Crippen molar-refractivity contribution in [2.75, 3.05) is 36.0 Å². The van der Waals surface area contributed by atoms with E-state index >= 15 is 0 Å². The molecule has 7 heteroatoms. The van der Waals surface area contributed by atoms with Crippen LogP contribution in [0.1, 0.15) is 62.5 Å². The third kappa shape index (κ3) is 2.97. The molecule has 0 spiro atoms. The van der Waals surface area contributed by atoms with E-state index < -0.39 is 0 Å². The van der Waals surface area contributed by atoms with Crippen LogP contribution in [0.25, 0.3) is 20.4 Å². The first-order valence-corrected chi connectivity index (χ1v) is 12.2. The van der Waals surface area contributed by atoms with E-state index in [0.717, 1.165) is 55.2 Å². The van der Waals surface area contributed by atoms with Crippen molar-refractivity contribution in [1.29, 1.82) is 0 Å². The predicted octanol–water partition coefficient (Wildman–Crippen LogP) is 4.49. The Morgan fingerprint density at radius 2 is 1.31 bits per heavy atom. The standard InChI is InChI=1S/C22H28N6S/c1-5-11-27(12-6-1)20-16-10-4-3-9-15(16)17-18-19(29-22(17)23-20)21(25-26-24-18)28-13-7-2-8-14-28/h1-14H2. The maximum absolute atomic E-state index is 5.27. The highest BCUT2D eigenvalue weighted by Crippen LogP contribution is 2.43. The third-order valence-corrected chi connectivity index (χ3v) is 7.98. The van der Waals surface area contributed by atoms with Gasteiger partial charge in [0.2, 0.25) is 0 Å². The van der Waals surface area contributed by atoms with Gasteiger partial charge in [0.05, 0.1) is 0 Å². The molecule has 3 aromatic heterocycles. The number of hydrogen-bond acceptors (Lipinski definition) is 7. The van der Waals surface area contributed by atoms with Gasteiger partial charge in [-0.1, -0.05) is 0 Å². The van der Waals surface area contributed by atoms with E-state index in [1.165, 1.54) is 78.4 Å². The van der Waals surface area contributed by atoms with Crippen molar-refractivity contribution < 1.29 is 0 Å². The first-order chi connectivity index (χ1) is 14.4. The van der Waals surface area contributed by atoms with E-state index in [1.54, 1.807) is 11.3 Å². The van der Waals surface area contributed by atoms with Gasteiger partial charge < -0.3 is 9.80 Å². The van der Waals surface area contributed by atoms with E-state index in [4.69, 9.17) is 4.98 Å². The molecule has 3 aromatic rings. The van der Waals surface area contributed by atoms with Gasteiger partial charge in [-0.05, 0) is 80.5 Å². The molecule has 0 bridgehead atoms. The first kappa shape index (κ1) is 17.8. The lowest BCUT2D eigenvalue weighted by Crippen LogP contribution is -2.31. The van der Waals surface area contributed by atoms with Crippen molar-refractivity contribution in [3.63, 3.8) is 0 Å². The largest absolute Gasteiger partial charge is 0.356 e. The van der Waals surface area contributed by atoms with Crippen molar-refractivity contribution in [1.82, 2.24) is 20.4 Å². The molecule has 29 heavy (non-hydrogen) atoms. The molecule has 0 N–H and O–H groups in total. The highest BCUT2D eigenvalue weighted by atomic mass is 32.1. The van der Waals surface area contributed by atoms with Crippen molar-refractivity contribution in [2.24, 2.45) is 0 Å². The van der Waals surface area contributed by atoms with Crippen LogP contribution < -0.4 is 9.80 Å². The van der Waals surface area contributed by atoms with Crippen LogP contribution in [0.15, 0.2) is 0 Å². The smallest absolute Gasteiger partial charge is 0.172 e. The van der Waals surface area contributed by atoms with Crippen LogP contribution in [0.5, 0.6) is 0 Å². The molecule has 2 aliphatic heterocycles. The van der Waals surface area contributed by atoms with E-state index in [-0.39, 0.29) is 0 Å². The molecule has 2 saturated heterocycles. The second kappa shape index (κ2) is 7.35. The zero-order valence-corrected chi connectivity index (χ0v) is 17.8. The predicted molar refractivity (Wildman–Crippen MR) is 119 cm³/mol. The number of hydrogen-bond donors (Lipinski definition) is 0. The molecule has 0 aromatic carbocycles. The summed E-state index contributed by atoms with van der Waals surface area (Å²) in [5, 5.41) is 14.5. The lowest BCUT2D eigenvalue weighted by Gasteiger charge is -2.31. The summed E-state index contributed by atoms with van der Waals surface area (Å²) in [4.78, 5) is 11.4. The number of fused-ring (bicyclic) bond motifs is 5. The Morgan fingerprint density at radius 1 is 0.655 bits per heavy atom. The monoisotopic (exact) mass is 408 g/mol. The Bertz CT molecular complexity index is 1050. The fourth-order valence-corrected chi connectivity index (χ4v) is 6.58. The maximum Gasteiger partial charge on any atom is 0.172 e. The van der Waals surface area contributed by atoms with Crippen LogP contribution in [0, 0.1) is 0 Å². The zero-order valence-electron chi connectivity index (χ0n) is 17.0. The Balaban J connectivity index is 1.57. The van der Waals surface area contributed by atoms with Crippen molar-refractivity contribution in [3.05, 3.63) is 11.1 Å². The van der Waals surface area contributed by atoms with Crippen LogP contribution >= 0.6 is 11.3 Å². The van der Waals surface area contributed by atoms with E-state index in [9.17, 15) is 0 Å². The van der Waals surface area contributed by atoms with E-state index in [1.807, 2.05) is 0 Å². The molecule has 6 nitrogen and oxygen atoms in total. The van der Waals surface area contributed by atoms with Gasteiger partial charge in [0.15, 0.2) is 5.82 Å². The average molecular weight is 409 g/mol. The number of thiophene rings is 1. The summed E-state index contributed by atoms with van der Waals surface area (Å²) in [7, 11) is 0. The molecule has 0 amide bonds. The zero-order chi connectivity index (χ0) is 19.2. The molecule has 0 saturated carbocycles. The van der Waals surface area contributed by atoms with E-state index in [2.05, 4.69) is 25.2 Å². The fourth-order valence-electron chi connectivity index (χ4n) is 5.43. The third-order valence-electron chi connectivity index (χ3n) is 6.91. The molecule has 0 radical (unpaired) electrons. The topological polar surface area (TPSA) is 58.0 Å². The summed E-state index contributed by atoms with van der Waals surface area (Å²) in [6, 6.07) is 0. The van der Waals surface area contributed by atoms with Gasteiger partial charge in [-0.15, -0.1) is 21.5 Å². The summed E-state index contributed by atoms with van der Waals surface area (Å²) in [5.41, 5.74) is 4.03. The molecular weight excluding hydrogens is 380 g/mol. The summed E-state index contributed by atoms with van der Waals surface area (Å²) < 4.78 is 1.19. The Morgan fingerprint density at radius 3 is 2.03 bits per heavy atom. The maximum atomic E-state index is 5.27. The highest BCUT2D eigenvalue weighted by molar-refractivity contribution is 7.26. The van der Waals surface area contributed by atoms with Gasteiger partial charge in [-0.25, -0.2) is 4.98 Å². The number of piperidine rings is 2. The quantitative estimate of drug-likeness (QED) is 0.622. The first-order valence-electron chi connectivity index (χ1n) is 11.4. The molecule has 3 aliphatic rings. The van der Waals surface area contributed by atoms with Crippen LogP contribution in [-0.2, 0) is 12.8 Å². The Kier molecular flexibility index (Phi) is 4.51. The normalized spacial score (nSPS) is 20.4. The lowest BCUT2D eigenvalue weighted by atomic mass is 9.89. The van der Waals surface area contributed by atoms with Crippen LogP contribution in [-0.4, -0.2) is 46.6 Å². The van der Waals surface area contributed by atoms with Crippen molar-refractivity contribution in [2.45, 2.75) is 64.2 Å². The summed E-state index contributed by atoms with van der Waals surface area (Å²) in [5.74, 6) is 2.29. The van der Waals surface area contributed by atoms with Crippen LogP contribution in [0.3, 0.4) is 0 Å². The molecule has 5 heterocycles. The number of pyridine rings is 1. The number of aromatic nitrogens is 4. The number of nitrogens with zero attached hydrogens (tertiary/aromatic N) is 6. The number of rotatable bonds is 2. The van der Waals surface area contributed by atoms with Gasteiger partial charge in [-0.2, -0.15) is 0 Å². The SMILES string of the molecule is C1CCN(c2nc3sc4c(N5CCCCC5)nnnc4c3c3c2CCCC3)CC1. The average Bonchev–Trinajstić information content (AvgIpc) is 3.18. The van der Waals surface area contributed by atoms with Crippen LogP contribution in [0.4, 0.5) is 11.6 Å². The molecule has 6 rings (SSSR count). The van der Waals surface area contributed by atoms with Gasteiger partial charge in [-0.3, -0.25) is 0 Å². The fraction of sp³-hybridized carbons (Fsp3) is 0.636. The number of aryl methyl sites for hydroxylation is 1. The molecule has 152 valence electrons. The molecular formula is C22H28N6S. The van der Waals surface area contributed by atoms with Gasteiger partial charge in [0, 0.05) is 31.6 Å². The molecule has 0 atom stereocenters. The number of anilines is 2. The minimum absolute atomic E-state index is 1.03. The van der Waals surface area contributed by atoms with Gasteiger partial charge in [0.1, 0.15) is 20.9 Å². The second-order valence-corrected chi connectivity index (χ2v) is 9.77. The van der Waals surface area contributed by atoms with Gasteiger partial charge >= 0.3 is 0 Å². The summed E-state index contributed by atoms with van der Waals surface area (Å²) >= 11 is 1.79.